The molecule has 1 unspecified atom stereocenters. The van der Waals surface area contributed by atoms with E-state index < -0.39 is 0 Å². The number of aromatic nitrogens is 2. The van der Waals surface area contributed by atoms with Crippen LogP contribution in [-0.2, 0) is 24.8 Å². The Hall–Kier alpha value is -1.61. The van der Waals surface area contributed by atoms with Gasteiger partial charge in [0.1, 0.15) is 0 Å². The number of nitrogens with zero attached hydrogens (tertiary/aromatic N) is 3. The molecule has 0 fully saturated rings. The number of guanidine groups is 1. The van der Waals surface area contributed by atoms with Crippen molar-refractivity contribution in [3.05, 3.63) is 52.8 Å². The minimum Gasteiger partial charge on any atom is -0.376 e. The zero-order valence-corrected chi connectivity index (χ0v) is 20.0. The standard InChI is InChI=1S/C21H33N5O.HI/c1-16(14-27-15-19-9-7-6-8-10-19)13-24-21(22-4)23-12-11-20-17(2)25-26(5)18(20)3;/h6-10,16H,11-15H2,1-5H3,(H2,22,23,24);1H. The van der Waals surface area contributed by atoms with Gasteiger partial charge in [0.25, 0.3) is 0 Å². The molecule has 0 saturated heterocycles. The quantitative estimate of drug-likeness (QED) is 0.316. The first kappa shape index (κ1) is 24.4. The highest BCUT2D eigenvalue weighted by Crippen LogP contribution is 2.11. The van der Waals surface area contributed by atoms with Gasteiger partial charge in [0.15, 0.2) is 5.96 Å². The van der Waals surface area contributed by atoms with Crippen molar-refractivity contribution in [1.82, 2.24) is 20.4 Å². The summed E-state index contributed by atoms with van der Waals surface area (Å²) in [5.41, 5.74) is 4.84. The van der Waals surface area contributed by atoms with Gasteiger partial charge < -0.3 is 15.4 Å². The molecule has 0 bridgehead atoms. The molecule has 0 saturated carbocycles. The van der Waals surface area contributed by atoms with E-state index in [9.17, 15) is 0 Å². The molecule has 0 spiro atoms. The summed E-state index contributed by atoms with van der Waals surface area (Å²) in [5, 5.41) is 11.2. The smallest absolute Gasteiger partial charge is 0.190 e. The van der Waals surface area contributed by atoms with Crippen LogP contribution in [0.25, 0.3) is 0 Å². The second-order valence-corrected chi connectivity index (χ2v) is 7.01. The van der Waals surface area contributed by atoms with Crippen molar-refractivity contribution in [2.45, 2.75) is 33.8 Å². The number of benzene rings is 1. The first-order chi connectivity index (χ1) is 13.0. The average Bonchev–Trinajstić information content (AvgIpc) is 2.91. The first-order valence-electron chi connectivity index (χ1n) is 9.56. The Morgan fingerprint density at radius 2 is 1.93 bits per heavy atom. The Bertz CT molecular complexity index is 730. The summed E-state index contributed by atoms with van der Waals surface area (Å²) in [6.45, 7) is 9.36. The van der Waals surface area contributed by atoms with Crippen LogP contribution < -0.4 is 10.6 Å². The molecule has 0 amide bonds. The molecule has 2 rings (SSSR count). The minimum atomic E-state index is 0. The lowest BCUT2D eigenvalue weighted by atomic mass is 10.1. The van der Waals surface area contributed by atoms with Crippen LogP contribution in [0.1, 0.15) is 29.4 Å². The van der Waals surface area contributed by atoms with Crippen molar-refractivity contribution in [1.29, 1.82) is 0 Å². The second-order valence-electron chi connectivity index (χ2n) is 7.01. The molecule has 28 heavy (non-hydrogen) atoms. The molecule has 156 valence electrons. The number of aliphatic imine (C=N–C) groups is 1. The van der Waals surface area contributed by atoms with Gasteiger partial charge in [-0.1, -0.05) is 37.3 Å². The van der Waals surface area contributed by atoms with E-state index in [1.165, 1.54) is 16.8 Å². The third-order valence-corrected chi connectivity index (χ3v) is 4.68. The van der Waals surface area contributed by atoms with Crippen molar-refractivity contribution in [2.24, 2.45) is 18.0 Å². The highest BCUT2D eigenvalue weighted by molar-refractivity contribution is 14.0. The first-order valence-corrected chi connectivity index (χ1v) is 9.56. The molecular formula is C21H34IN5O. The fourth-order valence-electron chi connectivity index (χ4n) is 2.99. The van der Waals surface area contributed by atoms with Gasteiger partial charge in [-0.25, -0.2) is 0 Å². The van der Waals surface area contributed by atoms with E-state index in [2.05, 4.69) is 53.6 Å². The van der Waals surface area contributed by atoms with Crippen LogP contribution >= 0.6 is 24.0 Å². The maximum Gasteiger partial charge on any atom is 0.190 e. The van der Waals surface area contributed by atoms with Crippen LogP contribution in [0.3, 0.4) is 0 Å². The molecule has 1 aromatic heterocycles. The fourth-order valence-corrected chi connectivity index (χ4v) is 2.99. The van der Waals surface area contributed by atoms with Crippen LogP contribution in [0.4, 0.5) is 0 Å². The molecule has 0 aliphatic carbocycles. The second kappa shape index (κ2) is 12.8. The van der Waals surface area contributed by atoms with E-state index in [0.717, 1.165) is 31.2 Å². The van der Waals surface area contributed by atoms with Gasteiger partial charge in [-0.2, -0.15) is 5.10 Å². The molecule has 1 heterocycles. The highest BCUT2D eigenvalue weighted by atomic mass is 127. The lowest BCUT2D eigenvalue weighted by Gasteiger charge is -2.16. The van der Waals surface area contributed by atoms with E-state index in [1.54, 1.807) is 7.05 Å². The normalized spacial score (nSPS) is 12.4. The fraction of sp³-hybridized carbons (Fsp3) is 0.524. The Kier molecular flexibility index (Phi) is 11.1. The van der Waals surface area contributed by atoms with Gasteiger partial charge in [-0.05, 0) is 37.3 Å². The SMILES string of the molecule is CN=C(NCCc1c(C)nn(C)c1C)NCC(C)COCc1ccccc1.I. The third-order valence-electron chi connectivity index (χ3n) is 4.68. The zero-order valence-electron chi connectivity index (χ0n) is 17.7. The summed E-state index contributed by atoms with van der Waals surface area (Å²) in [5.74, 6) is 1.22. The van der Waals surface area contributed by atoms with Gasteiger partial charge >= 0.3 is 0 Å². The van der Waals surface area contributed by atoms with Crippen molar-refractivity contribution >= 4 is 29.9 Å². The van der Waals surface area contributed by atoms with Crippen molar-refractivity contribution in [3.63, 3.8) is 0 Å². The van der Waals surface area contributed by atoms with Crippen LogP contribution in [0, 0.1) is 19.8 Å². The molecule has 0 radical (unpaired) electrons. The Morgan fingerprint density at radius 3 is 2.54 bits per heavy atom. The number of rotatable bonds is 9. The maximum atomic E-state index is 5.81. The van der Waals surface area contributed by atoms with E-state index in [1.807, 2.05) is 29.9 Å². The van der Waals surface area contributed by atoms with Crippen LogP contribution in [0.15, 0.2) is 35.3 Å². The van der Waals surface area contributed by atoms with Gasteiger partial charge in [0.05, 0.1) is 18.9 Å². The van der Waals surface area contributed by atoms with Crippen molar-refractivity contribution in [2.75, 3.05) is 26.7 Å². The predicted octanol–water partition coefficient (Wildman–Crippen LogP) is 3.22. The minimum absolute atomic E-state index is 0. The van der Waals surface area contributed by atoms with Crippen molar-refractivity contribution in [3.8, 4) is 0 Å². The largest absolute Gasteiger partial charge is 0.376 e. The summed E-state index contributed by atoms with van der Waals surface area (Å²) in [7, 11) is 3.79. The van der Waals surface area contributed by atoms with Gasteiger partial charge in [-0.15, -0.1) is 24.0 Å². The molecule has 0 aliphatic rings. The lowest BCUT2D eigenvalue weighted by Crippen LogP contribution is -2.40. The maximum absolute atomic E-state index is 5.81. The van der Waals surface area contributed by atoms with E-state index in [4.69, 9.17) is 4.74 Å². The Morgan fingerprint density at radius 1 is 1.21 bits per heavy atom. The van der Waals surface area contributed by atoms with Gasteiger partial charge in [0, 0.05) is 32.9 Å². The molecule has 1 aromatic carbocycles. The summed E-state index contributed by atoms with van der Waals surface area (Å²) < 4.78 is 7.74. The molecule has 1 atom stereocenters. The molecule has 6 nitrogen and oxygen atoms in total. The average molecular weight is 499 g/mol. The van der Waals surface area contributed by atoms with Gasteiger partial charge in [-0.3, -0.25) is 9.67 Å². The summed E-state index contributed by atoms with van der Waals surface area (Å²) >= 11 is 0. The third kappa shape index (κ3) is 7.79. The van der Waals surface area contributed by atoms with E-state index >= 15 is 0 Å². The Labute approximate surface area is 186 Å². The topological polar surface area (TPSA) is 63.5 Å². The number of halogens is 1. The highest BCUT2D eigenvalue weighted by Gasteiger charge is 2.09. The molecule has 0 aliphatic heterocycles. The number of hydrogen-bond donors (Lipinski definition) is 2. The van der Waals surface area contributed by atoms with Gasteiger partial charge in [0.2, 0.25) is 0 Å². The van der Waals surface area contributed by atoms with Crippen LogP contribution in [0.5, 0.6) is 0 Å². The lowest BCUT2D eigenvalue weighted by molar-refractivity contribution is 0.0931. The summed E-state index contributed by atoms with van der Waals surface area (Å²) in [6, 6.07) is 10.3. The number of nitrogens with one attached hydrogen (secondary N) is 2. The zero-order chi connectivity index (χ0) is 19.6. The molecule has 7 heteroatoms. The number of ether oxygens (including phenoxy) is 1. The number of aryl methyl sites for hydroxylation is 2. The van der Waals surface area contributed by atoms with Crippen LogP contribution in [-0.4, -0.2) is 42.5 Å². The number of hydrogen-bond acceptors (Lipinski definition) is 3. The van der Waals surface area contributed by atoms with E-state index in [-0.39, 0.29) is 24.0 Å². The van der Waals surface area contributed by atoms with E-state index in [0.29, 0.717) is 19.1 Å². The Balaban J connectivity index is 0.00000392. The van der Waals surface area contributed by atoms with Crippen LogP contribution in [0.2, 0.25) is 0 Å². The molecule has 2 N–H and O–H groups in total. The predicted molar refractivity (Wildman–Crippen MR) is 126 cm³/mol. The summed E-state index contributed by atoms with van der Waals surface area (Å²) in [4.78, 5) is 4.30. The van der Waals surface area contributed by atoms with Crippen molar-refractivity contribution < 1.29 is 4.74 Å². The molecule has 2 aromatic rings. The summed E-state index contributed by atoms with van der Waals surface area (Å²) in [6.07, 6.45) is 0.932. The molecular weight excluding hydrogens is 465 g/mol. The monoisotopic (exact) mass is 499 g/mol.